The third-order valence-electron chi connectivity index (χ3n) is 6.55. The van der Waals surface area contributed by atoms with Crippen LogP contribution in [0, 0.1) is 12.7 Å². The number of thiazole rings is 1. The number of benzene rings is 3. The topological polar surface area (TPSA) is 79.7 Å². The monoisotopic (exact) mass is 500 g/mol. The average Bonchev–Trinajstić information content (AvgIpc) is 3.51. The number of ether oxygens (including phenoxy) is 1. The normalized spacial score (nSPS) is 20.7. The second-order valence-corrected chi connectivity index (χ2v) is 10.1. The van der Waals surface area contributed by atoms with Crippen LogP contribution in [0.5, 0.6) is 5.75 Å². The van der Waals surface area contributed by atoms with Crippen LogP contribution in [0.3, 0.4) is 0 Å². The Hall–Kier alpha value is -4.04. The van der Waals surface area contributed by atoms with Crippen LogP contribution in [0.2, 0.25) is 0 Å². The molecule has 6 rings (SSSR count). The maximum atomic E-state index is 15.1. The van der Waals surface area contributed by atoms with E-state index in [1.807, 2.05) is 32.0 Å². The number of fused-ring (bicyclic) bond motifs is 2. The van der Waals surface area contributed by atoms with E-state index in [2.05, 4.69) is 4.98 Å². The van der Waals surface area contributed by atoms with Gasteiger partial charge in [-0.05, 0) is 61.4 Å². The number of hydrogen-bond donors (Lipinski definition) is 1. The fraction of sp³-hybridized carbons (Fsp3) is 0.179. The van der Waals surface area contributed by atoms with Crippen molar-refractivity contribution in [3.8, 4) is 5.75 Å². The number of aliphatic hydroxyl groups excluding tert-OH is 1. The van der Waals surface area contributed by atoms with E-state index in [9.17, 15) is 14.7 Å². The zero-order valence-corrected chi connectivity index (χ0v) is 20.3. The lowest BCUT2D eigenvalue weighted by Gasteiger charge is -2.23. The summed E-state index contributed by atoms with van der Waals surface area (Å²) in [5.41, 5.74) is 2.89. The minimum absolute atomic E-state index is 0.00376. The van der Waals surface area contributed by atoms with E-state index in [0.29, 0.717) is 17.5 Å². The molecule has 2 aliphatic rings. The summed E-state index contributed by atoms with van der Waals surface area (Å²) >= 11 is 1.24. The van der Waals surface area contributed by atoms with Gasteiger partial charge in [0.15, 0.2) is 5.13 Å². The van der Waals surface area contributed by atoms with Gasteiger partial charge in [-0.3, -0.25) is 14.5 Å². The van der Waals surface area contributed by atoms with Gasteiger partial charge >= 0.3 is 5.91 Å². The van der Waals surface area contributed by atoms with Gasteiger partial charge in [0, 0.05) is 17.5 Å². The SMILES string of the molecule is Cc1ccc2nc(N3C(=O)C(=O)/C(=C(/O)c4ccc5c(c4)C[C@H](C)O5)[C@H]3c3ccccc3F)sc2c1. The molecule has 0 radical (unpaired) electrons. The van der Waals surface area contributed by atoms with Crippen molar-refractivity contribution in [2.24, 2.45) is 0 Å². The number of carbonyl (C=O) groups is 2. The van der Waals surface area contributed by atoms with Crippen LogP contribution in [-0.4, -0.2) is 27.9 Å². The Morgan fingerprint density at radius 1 is 1.14 bits per heavy atom. The van der Waals surface area contributed by atoms with Crippen molar-refractivity contribution in [1.82, 2.24) is 4.98 Å². The first-order chi connectivity index (χ1) is 17.3. The van der Waals surface area contributed by atoms with Crippen molar-refractivity contribution in [2.75, 3.05) is 4.90 Å². The number of hydrogen-bond acceptors (Lipinski definition) is 6. The van der Waals surface area contributed by atoms with Gasteiger partial charge in [0.25, 0.3) is 5.78 Å². The Morgan fingerprint density at radius 3 is 2.75 bits per heavy atom. The first kappa shape index (κ1) is 22.4. The second-order valence-electron chi connectivity index (χ2n) is 9.11. The first-order valence-electron chi connectivity index (χ1n) is 11.5. The summed E-state index contributed by atoms with van der Waals surface area (Å²) in [6.07, 6.45) is 0.663. The van der Waals surface area contributed by atoms with E-state index < -0.39 is 23.5 Å². The zero-order valence-electron chi connectivity index (χ0n) is 19.5. The van der Waals surface area contributed by atoms with Gasteiger partial charge in [0.1, 0.15) is 29.5 Å². The van der Waals surface area contributed by atoms with E-state index in [1.165, 1.54) is 34.4 Å². The molecule has 0 bridgehead atoms. The van der Waals surface area contributed by atoms with Gasteiger partial charge in [-0.2, -0.15) is 0 Å². The molecular weight excluding hydrogens is 479 g/mol. The molecule has 1 amide bonds. The van der Waals surface area contributed by atoms with Crippen LogP contribution in [-0.2, 0) is 16.0 Å². The highest BCUT2D eigenvalue weighted by Gasteiger charge is 2.49. The summed E-state index contributed by atoms with van der Waals surface area (Å²) < 4.78 is 21.7. The smallest absolute Gasteiger partial charge is 0.301 e. The number of amides is 1. The van der Waals surface area contributed by atoms with E-state index in [0.717, 1.165) is 21.6 Å². The van der Waals surface area contributed by atoms with Crippen molar-refractivity contribution in [1.29, 1.82) is 0 Å². The Balaban J connectivity index is 1.55. The Bertz CT molecular complexity index is 1610. The van der Waals surface area contributed by atoms with Crippen molar-refractivity contribution >= 4 is 44.1 Å². The molecular formula is C28H21FN2O4S. The highest BCUT2D eigenvalue weighted by atomic mass is 32.1. The summed E-state index contributed by atoms with van der Waals surface area (Å²) in [5.74, 6) is -1.98. The number of aliphatic hydroxyl groups is 1. The highest BCUT2D eigenvalue weighted by Crippen LogP contribution is 2.45. The molecule has 2 aliphatic heterocycles. The third kappa shape index (κ3) is 3.48. The van der Waals surface area contributed by atoms with Crippen LogP contribution in [0.15, 0.2) is 66.2 Å². The lowest BCUT2D eigenvalue weighted by atomic mass is 9.94. The maximum Gasteiger partial charge on any atom is 0.301 e. The van der Waals surface area contributed by atoms with Crippen LogP contribution in [0.25, 0.3) is 16.0 Å². The highest BCUT2D eigenvalue weighted by molar-refractivity contribution is 7.22. The van der Waals surface area contributed by atoms with Crippen molar-refractivity contribution in [2.45, 2.75) is 32.4 Å². The zero-order chi connectivity index (χ0) is 25.1. The van der Waals surface area contributed by atoms with E-state index in [4.69, 9.17) is 4.74 Å². The minimum Gasteiger partial charge on any atom is -0.507 e. The molecule has 180 valence electrons. The summed E-state index contributed by atoms with van der Waals surface area (Å²) in [7, 11) is 0. The van der Waals surface area contributed by atoms with Crippen LogP contribution in [0.4, 0.5) is 9.52 Å². The molecule has 0 aliphatic carbocycles. The Morgan fingerprint density at radius 2 is 1.94 bits per heavy atom. The van der Waals surface area contributed by atoms with Gasteiger partial charge in [-0.15, -0.1) is 0 Å². The van der Waals surface area contributed by atoms with Crippen molar-refractivity contribution in [3.63, 3.8) is 0 Å². The number of ketones is 1. The molecule has 0 unspecified atom stereocenters. The first-order valence-corrected chi connectivity index (χ1v) is 12.4. The molecule has 8 heteroatoms. The molecule has 36 heavy (non-hydrogen) atoms. The molecule has 0 spiro atoms. The number of anilines is 1. The van der Waals surface area contributed by atoms with E-state index >= 15 is 4.39 Å². The van der Waals surface area contributed by atoms with Gasteiger partial charge in [-0.1, -0.05) is 35.6 Å². The number of Topliss-reactive ketones (excluding diaryl/α,β-unsaturated/α-hetero) is 1. The standard InChI is InChI=1S/C28H21FN2O4S/c1-14-7-9-20-22(11-14)36-28(30-20)31-24(18-5-3-4-6-19(18)29)23(26(33)27(31)34)25(32)16-8-10-21-17(13-16)12-15(2)35-21/h3-11,13,15,24,32H,12H2,1-2H3/b25-23+/t15-,24+/m0/s1. The molecule has 1 saturated heterocycles. The van der Waals surface area contributed by atoms with Gasteiger partial charge < -0.3 is 9.84 Å². The Kier molecular flexibility index (Phi) is 5.15. The molecule has 6 nitrogen and oxygen atoms in total. The van der Waals surface area contributed by atoms with Gasteiger partial charge in [0.05, 0.1) is 15.8 Å². The number of halogens is 1. The number of nitrogens with zero attached hydrogens (tertiary/aromatic N) is 2. The molecule has 3 heterocycles. The lowest BCUT2D eigenvalue weighted by molar-refractivity contribution is -0.132. The lowest BCUT2D eigenvalue weighted by Crippen LogP contribution is -2.29. The fourth-order valence-corrected chi connectivity index (χ4v) is 5.96. The van der Waals surface area contributed by atoms with Crippen LogP contribution in [0.1, 0.15) is 35.2 Å². The largest absolute Gasteiger partial charge is 0.507 e. The molecule has 1 aromatic heterocycles. The predicted octanol–water partition coefficient (Wildman–Crippen LogP) is 5.69. The van der Waals surface area contributed by atoms with E-state index in [1.54, 1.807) is 24.3 Å². The van der Waals surface area contributed by atoms with E-state index in [-0.39, 0.29) is 28.1 Å². The molecule has 3 aromatic carbocycles. The molecule has 1 fully saturated rings. The summed E-state index contributed by atoms with van der Waals surface area (Å²) in [5, 5.41) is 11.6. The van der Waals surface area contributed by atoms with Crippen LogP contribution >= 0.6 is 11.3 Å². The Labute approximate surface area is 210 Å². The van der Waals surface area contributed by atoms with Crippen molar-refractivity contribution in [3.05, 3.63) is 94.3 Å². The molecule has 4 aromatic rings. The number of rotatable bonds is 3. The maximum absolute atomic E-state index is 15.1. The minimum atomic E-state index is -1.17. The number of aromatic nitrogens is 1. The average molecular weight is 501 g/mol. The van der Waals surface area contributed by atoms with Crippen molar-refractivity contribution < 1.29 is 23.8 Å². The van der Waals surface area contributed by atoms with Crippen LogP contribution < -0.4 is 9.64 Å². The molecule has 1 N–H and O–H groups in total. The molecule has 0 saturated carbocycles. The quantitative estimate of drug-likeness (QED) is 0.222. The molecule has 2 atom stereocenters. The second kappa shape index (κ2) is 8.27. The number of carbonyl (C=O) groups excluding carboxylic acids is 2. The van der Waals surface area contributed by atoms with Gasteiger partial charge in [-0.25, -0.2) is 9.37 Å². The summed E-state index contributed by atoms with van der Waals surface area (Å²) in [6.45, 7) is 3.90. The summed E-state index contributed by atoms with van der Waals surface area (Å²) in [6, 6.07) is 15.6. The number of aryl methyl sites for hydroxylation is 1. The van der Waals surface area contributed by atoms with Gasteiger partial charge in [0.2, 0.25) is 0 Å². The fourth-order valence-electron chi connectivity index (χ4n) is 4.87. The predicted molar refractivity (Wildman–Crippen MR) is 136 cm³/mol. The summed E-state index contributed by atoms with van der Waals surface area (Å²) in [4.78, 5) is 32.5. The third-order valence-corrected chi connectivity index (χ3v) is 7.57.